The molecule has 1 N–H and O–H groups in total. The molecule has 9 heteroatoms. The number of amides is 1. The van der Waals surface area contributed by atoms with Crippen molar-refractivity contribution in [3.05, 3.63) is 42.2 Å². The first-order valence-corrected chi connectivity index (χ1v) is 7.98. The van der Waals surface area contributed by atoms with Gasteiger partial charge in [0.25, 0.3) is 0 Å². The SMILES string of the molecule is O=C(CN1CCCC(n2ccnn2)C1)Nc1ccccc1C(F)(F)F. The molecule has 0 saturated carbocycles. The fourth-order valence-electron chi connectivity index (χ4n) is 3.03. The van der Waals surface area contributed by atoms with Crippen LogP contribution < -0.4 is 5.32 Å². The van der Waals surface area contributed by atoms with Gasteiger partial charge < -0.3 is 5.32 Å². The van der Waals surface area contributed by atoms with E-state index >= 15 is 0 Å². The van der Waals surface area contributed by atoms with Crippen LogP contribution in [0.15, 0.2) is 36.7 Å². The fourth-order valence-corrected chi connectivity index (χ4v) is 3.03. The Hall–Kier alpha value is -2.42. The Labute approximate surface area is 142 Å². The Morgan fingerprint density at radius 2 is 2.12 bits per heavy atom. The lowest BCUT2D eigenvalue weighted by atomic mass is 10.1. The molecule has 2 aromatic rings. The van der Waals surface area contributed by atoms with Crippen LogP contribution in [0.2, 0.25) is 0 Å². The molecule has 2 heterocycles. The van der Waals surface area contributed by atoms with Gasteiger partial charge in [-0.25, -0.2) is 4.68 Å². The Morgan fingerprint density at radius 1 is 1.32 bits per heavy atom. The van der Waals surface area contributed by atoms with Crippen LogP contribution in [0.3, 0.4) is 0 Å². The van der Waals surface area contributed by atoms with Crippen molar-refractivity contribution in [2.75, 3.05) is 25.0 Å². The number of anilines is 1. The van der Waals surface area contributed by atoms with E-state index in [-0.39, 0.29) is 18.3 Å². The van der Waals surface area contributed by atoms with Gasteiger partial charge in [0.1, 0.15) is 0 Å². The van der Waals surface area contributed by atoms with E-state index in [2.05, 4.69) is 15.6 Å². The normalized spacial score (nSPS) is 18.9. The summed E-state index contributed by atoms with van der Waals surface area (Å²) in [5, 5.41) is 10.1. The lowest BCUT2D eigenvalue weighted by Gasteiger charge is -2.32. The maximum absolute atomic E-state index is 13.0. The van der Waals surface area contributed by atoms with Gasteiger partial charge in [-0.3, -0.25) is 9.69 Å². The van der Waals surface area contributed by atoms with Crippen LogP contribution in [0.25, 0.3) is 0 Å². The number of halogens is 3. The van der Waals surface area contributed by atoms with Crippen LogP contribution in [-0.2, 0) is 11.0 Å². The number of para-hydroxylation sites is 1. The zero-order valence-electron chi connectivity index (χ0n) is 13.4. The molecule has 0 bridgehead atoms. The van der Waals surface area contributed by atoms with E-state index in [1.807, 2.05) is 4.90 Å². The number of aromatic nitrogens is 3. The Kier molecular flexibility index (Phi) is 5.03. The number of likely N-dealkylation sites (tertiary alicyclic amines) is 1. The van der Waals surface area contributed by atoms with Crippen molar-refractivity contribution < 1.29 is 18.0 Å². The first-order valence-electron chi connectivity index (χ1n) is 7.98. The summed E-state index contributed by atoms with van der Waals surface area (Å²) in [5.74, 6) is -0.462. The number of nitrogens with one attached hydrogen (secondary N) is 1. The van der Waals surface area contributed by atoms with E-state index in [1.165, 1.54) is 18.2 Å². The second kappa shape index (κ2) is 7.22. The Bertz CT molecular complexity index is 717. The highest BCUT2D eigenvalue weighted by atomic mass is 19.4. The molecule has 0 aliphatic carbocycles. The minimum atomic E-state index is -4.51. The topological polar surface area (TPSA) is 63.1 Å². The lowest BCUT2D eigenvalue weighted by Crippen LogP contribution is -2.41. The van der Waals surface area contributed by atoms with E-state index < -0.39 is 17.6 Å². The molecule has 1 saturated heterocycles. The summed E-state index contributed by atoms with van der Waals surface area (Å²) in [5.41, 5.74) is -1.06. The quantitative estimate of drug-likeness (QED) is 0.918. The molecule has 134 valence electrons. The van der Waals surface area contributed by atoms with Crippen LogP contribution in [0.1, 0.15) is 24.4 Å². The van der Waals surface area contributed by atoms with E-state index in [4.69, 9.17) is 0 Å². The van der Waals surface area contributed by atoms with Crippen molar-refractivity contribution in [2.24, 2.45) is 0 Å². The van der Waals surface area contributed by atoms with Crippen molar-refractivity contribution in [1.82, 2.24) is 19.9 Å². The molecule has 1 unspecified atom stereocenters. The minimum Gasteiger partial charge on any atom is -0.324 e. The molecule has 6 nitrogen and oxygen atoms in total. The average molecular weight is 353 g/mol. The lowest BCUT2D eigenvalue weighted by molar-refractivity contribution is -0.137. The third kappa shape index (κ3) is 4.36. The summed E-state index contributed by atoms with van der Waals surface area (Å²) in [4.78, 5) is 14.1. The molecule has 1 aromatic carbocycles. The molecule has 0 radical (unpaired) electrons. The maximum atomic E-state index is 13.0. The summed E-state index contributed by atoms with van der Waals surface area (Å²) < 4.78 is 40.7. The number of hydrogen-bond acceptors (Lipinski definition) is 4. The zero-order valence-corrected chi connectivity index (χ0v) is 13.4. The van der Waals surface area contributed by atoms with E-state index in [1.54, 1.807) is 17.1 Å². The molecule has 25 heavy (non-hydrogen) atoms. The second-order valence-electron chi connectivity index (χ2n) is 6.01. The first kappa shape index (κ1) is 17.4. The van der Waals surface area contributed by atoms with Crippen LogP contribution >= 0.6 is 0 Å². The number of alkyl halides is 3. The summed E-state index contributed by atoms with van der Waals surface area (Å²) >= 11 is 0. The van der Waals surface area contributed by atoms with Crippen LogP contribution in [0.5, 0.6) is 0 Å². The maximum Gasteiger partial charge on any atom is 0.418 e. The van der Waals surface area contributed by atoms with Crippen molar-refractivity contribution in [3.8, 4) is 0 Å². The third-order valence-corrected chi connectivity index (χ3v) is 4.17. The average Bonchev–Trinajstić information content (AvgIpc) is 3.09. The highest BCUT2D eigenvalue weighted by Gasteiger charge is 2.33. The van der Waals surface area contributed by atoms with Gasteiger partial charge >= 0.3 is 6.18 Å². The Balaban J connectivity index is 1.61. The summed E-state index contributed by atoms with van der Waals surface area (Å²) in [6.07, 6.45) is 0.677. The number of carbonyl (C=O) groups excluding carboxylic acids is 1. The first-order chi connectivity index (χ1) is 11.9. The zero-order chi connectivity index (χ0) is 17.9. The number of rotatable bonds is 4. The molecule has 1 aliphatic heterocycles. The second-order valence-corrected chi connectivity index (χ2v) is 6.01. The van der Waals surface area contributed by atoms with E-state index in [0.717, 1.165) is 25.5 Å². The molecule has 3 rings (SSSR count). The molecular formula is C16H18F3N5O. The Morgan fingerprint density at radius 3 is 2.84 bits per heavy atom. The smallest absolute Gasteiger partial charge is 0.324 e. The number of nitrogens with zero attached hydrogens (tertiary/aromatic N) is 4. The van der Waals surface area contributed by atoms with Crippen LogP contribution in [-0.4, -0.2) is 45.4 Å². The third-order valence-electron chi connectivity index (χ3n) is 4.17. The van der Waals surface area contributed by atoms with Gasteiger partial charge in [0.05, 0.1) is 30.0 Å². The van der Waals surface area contributed by atoms with Gasteiger partial charge in [0.2, 0.25) is 5.91 Å². The number of benzene rings is 1. The van der Waals surface area contributed by atoms with Gasteiger partial charge in [-0.05, 0) is 31.5 Å². The molecular weight excluding hydrogens is 335 g/mol. The van der Waals surface area contributed by atoms with Crippen molar-refractivity contribution >= 4 is 11.6 Å². The molecule has 1 fully saturated rings. The van der Waals surface area contributed by atoms with Gasteiger partial charge in [-0.15, -0.1) is 5.10 Å². The fraction of sp³-hybridized carbons (Fsp3) is 0.438. The standard InChI is InChI=1S/C16H18F3N5O/c17-16(18,19)13-5-1-2-6-14(13)21-15(25)11-23-8-3-4-12(10-23)24-9-7-20-22-24/h1-2,5-7,9,12H,3-4,8,10-11H2,(H,21,25). The minimum absolute atomic E-state index is 0.0391. The van der Waals surface area contributed by atoms with Crippen molar-refractivity contribution in [3.63, 3.8) is 0 Å². The highest BCUT2D eigenvalue weighted by Crippen LogP contribution is 2.34. The van der Waals surface area contributed by atoms with Gasteiger partial charge in [-0.1, -0.05) is 17.3 Å². The van der Waals surface area contributed by atoms with Gasteiger partial charge in [0.15, 0.2) is 0 Å². The summed E-state index contributed by atoms with van der Waals surface area (Å²) in [7, 11) is 0. The van der Waals surface area contributed by atoms with Gasteiger partial charge in [-0.2, -0.15) is 13.2 Å². The summed E-state index contributed by atoms with van der Waals surface area (Å²) in [6.45, 7) is 1.37. The molecule has 1 amide bonds. The molecule has 1 atom stereocenters. The van der Waals surface area contributed by atoms with Crippen LogP contribution in [0.4, 0.5) is 18.9 Å². The number of hydrogen-bond donors (Lipinski definition) is 1. The van der Waals surface area contributed by atoms with E-state index in [9.17, 15) is 18.0 Å². The van der Waals surface area contributed by atoms with E-state index in [0.29, 0.717) is 6.54 Å². The number of piperidine rings is 1. The predicted molar refractivity (Wildman–Crippen MR) is 84.8 cm³/mol. The molecule has 0 spiro atoms. The molecule has 1 aromatic heterocycles. The monoisotopic (exact) mass is 353 g/mol. The largest absolute Gasteiger partial charge is 0.418 e. The van der Waals surface area contributed by atoms with Gasteiger partial charge in [0, 0.05) is 12.7 Å². The van der Waals surface area contributed by atoms with Crippen LogP contribution in [0, 0.1) is 0 Å². The van der Waals surface area contributed by atoms with Crippen molar-refractivity contribution in [2.45, 2.75) is 25.1 Å². The number of carbonyl (C=O) groups is 1. The highest BCUT2D eigenvalue weighted by molar-refractivity contribution is 5.93. The van der Waals surface area contributed by atoms with Crippen molar-refractivity contribution in [1.29, 1.82) is 0 Å². The summed E-state index contributed by atoms with van der Waals surface area (Å²) in [6, 6.07) is 5.09. The predicted octanol–water partition coefficient (Wildman–Crippen LogP) is 2.57. The molecule has 1 aliphatic rings.